The quantitative estimate of drug-likeness (QED) is 0.542. The molecule has 0 atom stereocenters. The van der Waals surface area contributed by atoms with Crippen LogP contribution in [0.5, 0.6) is 5.75 Å². The number of aromatic nitrogens is 3. The summed E-state index contributed by atoms with van der Waals surface area (Å²) in [7, 11) is 3.66. The van der Waals surface area contributed by atoms with Crippen molar-refractivity contribution in [3.63, 3.8) is 0 Å². The minimum absolute atomic E-state index is 0.719. The Hall–Kier alpha value is -2.60. The predicted molar refractivity (Wildman–Crippen MR) is 110 cm³/mol. The minimum atomic E-state index is 0.719. The summed E-state index contributed by atoms with van der Waals surface area (Å²) in [4.78, 5) is 5.57. The van der Waals surface area contributed by atoms with Crippen LogP contribution in [0.2, 0.25) is 0 Å². The molecule has 0 saturated heterocycles. The van der Waals surface area contributed by atoms with E-state index in [1.165, 1.54) is 16.5 Å². The van der Waals surface area contributed by atoms with Crippen LogP contribution in [0.4, 0.5) is 5.82 Å². The highest BCUT2D eigenvalue weighted by Crippen LogP contribution is 2.38. The molecule has 0 saturated carbocycles. The number of methoxy groups -OCH3 is 1. The van der Waals surface area contributed by atoms with Crippen LogP contribution in [0.3, 0.4) is 0 Å². The SMILES string of the molecule is CC.COc1ccc(CNc2nn(C)c3c2sc2nccc(C)c23)cc1. The second-order valence-electron chi connectivity index (χ2n) is 5.76. The largest absolute Gasteiger partial charge is 0.497 e. The van der Waals surface area contributed by atoms with Crippen molar-refractivity contribution in [1.82, 2.24) is 14.8 Å². The van der Waals surface area contributed by atoms with Crippen molar-refractivity contribution in [3.8, 4) is 5.75 Å². The van der Waals surface area contributed by atoms with Crippen molar-refractivity contribution < 1.29 is 4.74 Å². The average molecular weight is 369 g/mol. The number of aryl methyl sites for hydroxylation is 2. The lowest BCUT2D eigenvalue weighted by atomic mass is 10.2. The molecule has 0 spiro atoms. The van der Waals surface area contributed by atoms with Crippen molar-refractivity contribution in [2.45, 2.75) is 27.3 Å². The molecule has 136 valence electrons. The van der Waals surface area contributed by atoms with E-state index < -0.39 is 0 Å². The van der Waals surface area contributed by atoms with Crippen LogP contribution in [0, 0.1) is 6.92 Å². The lowest BCUT2D eigenvalue weighted by Gasteiger charge is -2.05. The standard InChI is InChI=1S/C18H18N4OS.C2H6/c1-11-8-9-19-18-14(11)15-16(24-18)17(21-22(15)2)20-10-12-4-6-13(23-3)7-5-12;1-2/h4-9H,10H2,1-3H3,(H,20,21);1-2H3. The fraction of sp³-hybridized carbons (Fsp3) is 0.300. The third-order valence-corrected chi connectivity index (χ3v) is 5.28. The summed E-state index contributed by atoms with van der Waals surface area (Å²) in [6.45, 7) is 6.84. The zero-order valence-electron chi connectivity index (χ0n) is 15.8. The normalized spacial score (nSPS) is 10.7. The molecule has 0 aliphatic heterocycles. The van der Waals surface area contributed by atoms with Gasteiger partial charge in [-0.25, -0.2) is 4.98 Å². The van der Waals surface area contributed by atoms with Crippen LogP contribution in [-0.4, -0.2) is 21.9 Å². The Labute approximate surface area is 157 Å². The Balaban J connectivity index is 0.000000948. The molecule has 4 rings (SSSR count). The summed E-state index contributed by atoms with van der Waals surface area (Å²) < 4.78 is 8.30. The first-order valence-corrected chi connectivity index (χ1v) is 9.56. The molecule has 5 nitrogen and oxygen atoms in total. The van der Waals surface area contributed by atoms with Gasteiger partial charge >= 0.3 is 0 Å². The second-order valence-corrected chi connectivity index (χ2v) is 6.76. The summed E-state index contributed by atoms with van der Waals surface area (Å²) in [6.07, 6.45) is 1.87. The first kappa shape index (κ1) is 18.2. The number of fused-ring (bicyclic) bond motifs is 3. The highest BCUT2D eigenvalue weighted by Gasteiger charge is 2.17. The average Bonchev–Trinajstić information content (AvgIpc) is 3.21. The number of benzene rings is 1. The fourth-order valence-corrected chi connectivity index (χ4v) is 4.12. The van der Waals surface area contributed by atoms with Crippen molar-refractivity contribution in [1.29, 1.82) is 0 Å². The van der Waals surface area contributed by atoms with Crippen LogP contribution < -0.4 is 10.1 Å². The van der Waals surface area contributed by atoms with Gasteiger partial charge in [0.2, 0.25) is 0 Å². The van der Waals surface area contributed by atoms with Crippen LogP contribution in [0.25, 0.3) is 20.4 Å². The van der Waals surface area contributed by atoms with E-state index in [1.54, 1.807) is 18.4 Å². The molecule has 0 fully saturated rings. The smallest absolute Gasteiger partial charge is 0.166 e. The van der Waals surface area contributed by atoms with E-state index in [-0.39, 0.29) is 0 Å². The van der Waals surface area contributed by atoms with Crippen LogP contribution in [-0.2, 0) is 13.6 Å². The van der Waals surface area contributed by atoms with E-state index in [0.717, 1.165) is 33.2 Å². The molecular formula is C20H24N4OS. The molecule has 6 heteroatoms. The van der Waals surface area contributed by atoms with Gasteiger partial charge in [0, 0.05) is 25.2 Å². The molecule has 26 heavy (non-hydrogen) atoms. The topological polar surface area (TPSA) is 52.0 Å². The van der Waals surface area contributed by atoms with Gasteiger partial charge < -0.3 is 10.1 Å². The van der Waals surface area contributed by atoms with E-state index in [9.17, 15) is 0 Å². The van der Waals surface area contributed by atoms with Gasteiger partial charge in [0.15, 0.2) is 5.82 Å². The maximum absolute atomic E-state index is 5.20. The fourth-order valence-electron chi connectivity index (χ4n) is 2.92. The Kier molecular flexibility index (Phi) is 5.42. The minimum Gasteiger partial charge on any atom is -0.497 e. The van der Waals surface area contributed by atoms with Crippen molar-refractivity contribution in [2.75, 3.05) is 12.4 Å². The Morgan fingerprint density at radius 1 is 1.15 bits per heavy atom. The number of ether oxygens (including phenoxy) is 1. The second kappa shape index (κ2) is 7.74. The molecule has 3 aromatic heterocycles. The lowest BCUT2D eigenvalue weighted by Crippen LogP contribution is -2.01. The van der Waals surface area contributed by atoms with Gasteiger partial charge in [0.05, 0.1) is 17.3 Å². The molecule has 0 aliphatic carbocycles. The van der Waals surface area contributed by atoms with E-state index in [2.05, 4.69) is 34.5 Å². The van der Waals surface area contributed by atoms with Gasteiger partial charge in [-0.3, -0.25) is 4.68 Å². The number of rotatable bonds is 4. The first-order chi connectivity index (χ1) is 12.7. The number of nitrogens with one attached hydrogen (secondary N) is 1. The Bertz CT molecular complexity index is 1020. The molecule has 0 radical (unpaired) electrons. The van der Waals surface area contributed by atoms with E-state index in [0.29, 0.717) is 0 Å². The summed E-state index contributed by atoms with van der Waals surface area (Å²) in [5.41, 5.74) is 3.57. The van der Waals surface area contributed by atoms with Gasteiger partial charge in [0.1, 0.15) is 10.6 Å². The van der Waals surface area contributed by atoms with Crippen molar-refractivity contribution in [3.05, 3.63) is 47.7 Å². The highest BCUT2D eigenvalue weighted by atomic mass is 32.1. The van der Waals surface area contributed by atoms with E-state index >= 15 is 0 Å². The number of anilines is 1. The lowest BCUT2D eigenvalue weighted by molar-refractivity contribution is 0.414. The zero-order valence-corrected chi connectivity index (χ0v) is 16.6. The Morgan fingerprint density at radius 2 is 1.88 bits per heavy atom. The van der Waals surface area contributed by atoms with E-state index in [1.807, 2.05) is 50.0 Å². The van der Waals surface area contributed by atoms with Gasteiger partial charge in [0.25, 0.3) is 0 Å². The molecule has 0 aliphatic rings. The maximum Gasteiger partial charge on any atom is 0.166 e. The summed E-state index contributed by atoms with van der Waals surface area (Å²) in [5, 5.41) is 9.30. The van der Waals surface area contributed by atoms with Gasteiger partial charge in [-0.05, 0) is 36.2 Å². The van der Waals surface area contributed by atoms with Crippen LogP contribution in [0.1, 0.15) is 25.0 Å². The zero-order chi connectivity index (χ0) is 18.7. The third-order valence-electron chi connectivity index (χ3n) is 4.18. The first-order valence-electron chi connectivity index (χ1n) is 8.75. The molecule has 0 amide bonds. The predicted octanol–water partition coefficient (Wildman–Crippen LogP) is 5.14. The number of hydrogen-bond acceptors (Lipinski definition) is 5. The number of nitrogens with zero attached hydrogens (tertiary/aromatic N) is 3. The van der Waals surface area contributed by atoms with Crippen LogP contribution >= 0.6 is 11.3 Å². The van der Waals surface area contributed by atoms with Gasteiger partial charge in [-0.1, -0.05) is 26.0 Å². The number of thiophene rings is 1. The molecule has 1 N–H and O–H groups in total. The summed E-state index contributed by atoms with van der Waals surface area (Å²) >= 11 is 1.69. The third kappa shape index (κ3) is 3.24. The maximum atomic E-state index is 5.20. The van der Waals surface area contributed by atoms with Gasteiger partial charge in [-0.2, -0.15) is 5.10 Å². The van der Waals surface area contributed by atoms with Crippen molar-refractivity contribution >= 4 is 37.6 Å². The molecule has 0 unspecified atom stereocenters. The number of hydrogen-bond donors (Lipinski definition) is 1. The molecule has 0 bridgehead atoms. The monoisotopic (exact) mass is 368 g/mol. The molecule has 4 aromatic rings. The summed E-state index contributed by atoms with van der Waals surface area (Å²) in [6, 6.07) is 10.1. The molecule has 1 aromatic carbocycles. The Morgan fingerprint density at radius 3 is 2.58 bits per heavy atom. The van der Waals surface area contributed by atoms with Crippen molar-refractivity contribution in [2.24, 2.45) is 7.05 Å². The van der Waals surface area contributed by atoms with Gasteiger partial charge in [-0.15, -0.1) is 11.3 Å². The molecular weight excluding hydrogens is 344 g/mol. The number of pyridine rings is 1. The summed E-state index contributed by atoms with van der Waals surface area (Å²) in [5.74, 6) is 1.77. The molecule has 3 heterocycles. The highest BCUT2D eigenvalue weighted by molar-refractivity contribution is 7.26. The van der Waals surface area contributed by atoms with Crippen LogP contribution in [0.15, 0.2) is 36.5 Å². The van der Waals surface area contributed by atoms with E-state index in [4.69, 9.17) is 4.74 Å².